The van der Waals surface area contributed by atoms with Crippen molar-refractivity contribution >= 4 is 29.4 Å². The van der Waals surface area contributed by atoms with Gasteiger partial charge in [-0.3, -0.25) is 24.0 Å². The van der Waals surface area contributed by atoms with E-state index in [-0.39, 0.29) is 36.4 Å². The average molecular weight is 637 g/mol. The van der Waals surface area contributed by atoms with Crippen molar-refractivity contribution in [2.24, 2.45) is 5.92 Å². The molecule has 250 valence electrons. The average Bonchev–Trinajstić information content (AvgIpc) is 3.45. The molecular weight excluding hydrogens is 588 g/mol. The van der Waals surface area contributed by atoms with Gasteiger partial charge in [-0.25, -0.2) is 0 Å². The molecule has 1 aromatic carbocycles. The number of ether oxygens (including phenoxy) is 2. The molecule has 11 heteroatoms. The fourth-order valence-corrected chi connectivity index (χ4v) is 6.03. The number of nitrogens with zero attached hydrogens (tertiary/aromatic N) is 1. The van der Waals surface area contributed by atoms with Gasteiger partial charge in [0.15, 0.2) is 11.9 Å². The number of unbranched alkanes of at least 4 members (excludes halogenated alkanes) is 2. The largest absolute Gasteiger partial charge is 0.461 e. The standard InChI is InChI=1S/C35H48N4O7/c1-5-35(4)34(44)37-27(21-25-14-8-6-9-15-25)33(43)39-22-23(2)20-28(39)32(42)36-26(31(41)38-35)16-10-7-11-17-29(40)24(3)46-30-18-12-13-19-45-30/h6,8-9,12-15,18,23-24,26-28H,5,7,10-11,16-17,19-22H2,1-4H3,(H,36,42)(H,37,44)(H,38,41)/t23-,24+,26-,27-,28+,35-/m0/s1. The Kier molecular flexibility index (Phi) is 12.0. The van der Waals surface area contributed by atoms with Crippen molar-refractivity contribution in [1.82, 2.24) is 20.9 Å². The number of carbonyl (C=O) groups excluding carboxylic acids is 5. The van der Waals surface area contributed by atoms with Crippen LogP contribution in [0, 0.1) is 5.92 Å². The maximum absolute atomic E-state index is 14.0. The number of amides is 4. The molecule has 0 spiro atoms. The molecule has 0 aliphatic carbocycles. The van der Waals surface area contributed by atoms with E-state index in [2.05, 4.69) is 16.0 Å². The third kappa shape index (κ3) is 8.98. The Morgan fingerprint density at radius 3 is 2.52 bits per heavy atom. The second kappa shape index (κ2) is 15.9. The molecule has 2 saturated heterocycles. The van der Waals surface area contributed by atoms with E-state index >= 15 is 0 Å². The van der Waals surface area contributed by atoms with E-state index in [9.17, 15) is 24.0 Å². The minimum atomic E-state index is -1.30. The first-order valence-corrected chi connectivity index (χ1v) is 16.5. The molecule has 46 heavy (non-hydrogen) atoms. The van der Waals surface area contributed by atoms with Gasteiger partial charge in [0.2, 0.25) is 23.6 Å². The van der Waals surface area contributed by atoms with Crippen molar-refractivity contribution < 1.29 is 33.4 Å². The van der Waals surface area contributed by atoms with E-state index in [1.54, 1.807) is 31.7 Å². The van der Waals surface area contributed by atoms with Crippen LogP contribution in [0.5, 0.6) is 0 Å². The maximum atomic E-state index is 14.0. The highest BCUT2D eigenvalue weighted by Crippen LogP contribution is 2.26. The first-order valence-electron chi connectivity index (χ1n) is 16.5. The highest BCUT2D eigenvalue weighted by Gasteiger charge is 2.44. The molecule has 11 nitrogen and oxygen atoms in total. The van der Waals surface area contributed by atoms with Gasteiger partial charge >= 0.3 is 0 Å². The zero-order valence-electron chi connectivity index (χ0n) is 27.4. The fourth-order valence-electron chi connectivity index (χ4n) is 6.03. The number of hydrogen-bond donors (Lipinski definition) is 3. The summed E-state index contributed by atoms with van der Waals surface area (Å²) < 4.78 is 11.0. The number of ketones is 1. The smallest absolute Gasteiger partial charge is 0.280 e. The molecule has 3 aliphatic heterocycles. The van der Waals surface area contributed by atoms with Crippen molar-refractivity contribution in [3.8, 4) is 0 Å². The van der Waals surface area contributed by atoms with Gasteiger partial charge < -0.3 is 30.3 Å². The third-order valence-corrected chi connectivity index (χ3v) is 9.07. The van der Waals surface area contributed by atoms with E-state index in [4.69, 9.17) is 9.47 Å². The van der Waals surface area contributed by atoms with Crippen molar-refractivity contribution in [3.05, 3.63) is 60.1 Å². The second-order valence-electron chi connectivity index (χ2n) is 12.8. The summed E-state index contributed by atoms with van der Waals surface area (Å²) in [6, 6.07) is 6.87. The zero-order valence-corrected chi connectivity index (χ0v) is 27.4. The van der Waals surface area contributed by atoms with Crippen molar-refractivity contribution in [3.63, 3.8) is 0 Å². The first kappa shape index (κ1) is 34.7. The molecule has 2 fully saturated rings. The molecule has 0 unspecified atom stereocenters. The number of hydrogen-bond acceptors (Lipinski definition) is 7. The lowest BCUT2D eigenvalue weighted by Crippen LogP contribution is -2.65. The Morgan fingerprint density at radius 2 is 1.83 bits per heavy atom. The Hall–Kier alpha value is -4.15. The molecule has 3 N–H and O–H groups in total. The molecule has 6 atom stereocenters. The molecule has 0 saturated carbocycles. The van der Waals surface area contributed by atoms with Crippen LogP contribution in [0.2, 0.25) is 0 Å². The summed E-state index contributed by atoms with van der Waals surface area (Å²) in [7, 11) is 0. The summed E-state index contributed by atoms with van der Waals surface area (Å²) in [6.45, 7) is 7.89. The van der Waals surface area contributed by atoms with Gasteiger partial charge in [-0.15, -0.1) is 0 Å². The quantitative estimate of drug-likeness (QED) is 0.299. The van der Waals surface area contributed by atoms with Crippen LogP contribution in [0.25, 0.3) is 0 Å². The van der Waals surface area contributed by atoms with Crippen LogP contribution in [0.4, 0.5) is 0 Å². The van der Waals surface area contributed by atoms with Gasteiger partial charge in [0.05, 0.1) is 0 Å². The summed E-state index contributed by atoms with van der Waals surface area (Å²) in [5.74, 6) is -1.24. The number of fused-ring (bicyclic) bond motifs is 1. The van der Waals surface area contributed by atoms with E-state index in [1.807, 2.05) is 49.4 Å². The maximum Gasteiger partial charge on any atom is 0.280 e. The number of benzene rings is 1. The SMILES string of the molecule is CC[C@]1(C)NC(=O)[C@H](CCCCCC(=O)[C@@H](C)OC2=CC=CCO2)NC(=O)[C@H]2C[C@H](C)CN2C(=O)[C@H](Cc2ccccc2)NC1=O. The van der Waals surface area contributed by atoms with E-state index in [1.165, 1.54) is 0 Å². The monoisotopic (exact) mass is 636 g/mol. The summed E-state index contributed by atoms with van der Waals surface area (Å²) in [5, 5.41) is 8.72. The van der Waals surface area contributed by atoms with Crippen molar-refractivity contribution in [2.45, 2.75) is 109 Å². The summed E-state index contributed by atoms with van der Waals surface area (Å²) in [4.78, 5) is 69.2. The van der Waals surface area contributed by atoms with Crippen LogP contribution >= 0.6 is 0 Å². The van der Waals surface area contributed by atoms with Crippen LogP contribution in [0.1, 0.15) is 78.2 Å². The molecule has 0 aromatic heterocycles. The van der Waals surface area contributed by atoms with Crippen LogP contribution < -0.4 is 16.0 Å². The van der Waals surface area contributed by atoms with Crippen molar-refractivity contribution in [1.29, 1.82) is 0 Å². The predicted molar refractivity (Wildman–Crippen MR) is 172 cm³/mol. The minimum absolute atomic E-state index is 0.0495. The van der Waals surface area contributed by atoms with Gasteiger partial charge in [-0.1, -0.05) is 63.1 Å². The van der Waals surface area contributed by atoms with Crippen LogP contribution in [0.15, 0.2) is 54.5 Å². The molecule has 4 rings (SSSR count). The third-order valence-electron chi connectivity index (χ3n) is 9.07. The molecule has 3 aliphatic rings. The molecule has 1 aromatic rings. The highest BCUT2D eigenvalue weighted by molar-refractivity contribution is 5.99. The molecule has 0 radical (unpaired) electrons. The Labute approximate surface area is 271 Å². The highest BCUT2D eigenvalue weighted by atomic mass is 16.7. The zero-order chi connectivity index (χ0) is 33.3. The molecular formula is C35H48N4O7. The number of rotatable bonds is 12. The van der Waals surface area contributed by atoms with Gasteiger partial charge in [-0.05, 0) is 57.1 Å². The van der Waals surface area contributed by atoms with Crippen LogP contribution in [0.3, 0.4) is 0 Å². The van der Waals surface area contributed by atoms with E-state index in [0.29, 0.717) is 57.6 Å². The van der Waals surface area contributed by atoms with E-state index < -0.39 is 41.6 Å². The molecule has 4 amide bonds. The number of allylic oxidation sites excluding steroid dienone is 2. The van der Waals surface area contributed by atoms with Gasteiger partial charge in [0.1, 0.15) is 30.3 Å². The molecule has 0 bridgehead atoms. The van der Waals surface area contributed by atoms with E-state index in [0.717, 1.165) is 5.56 Å². The fraction of sp³-hybridized carbons (Fsp3) is 0.571. The first-order chi connectivity index (χ1) is 22.0. The lowest BCUT2D eigenvalue weighted by atomic mass is 9.94. The van der Waals surface area contributed by atoms with Gasteiger partial charge in [-0.2, -0.15) is 0 Å². The lowest BCUT2D eigenvalue weighted by molar-refractivity contribution is -0.144. The van der Waals surface area contributed by atoms with Crippen LogP contribution in [-0.2, 0) is 39.9 Å². The normalized spacial score (nSPS) is 27.6. The molecule has 3 heterocycles. The predicted octanol–water partition coefficient (Wildman–Crippen LogP) is 3.09. The minimum Gasteiger partial charge on any atom is -0.461 e. The Balaban J connectivity index is 1.43. The van der Waals surface area contributed by atoms with Gasteiger partial charge in [0.25, 0.3) is 5.95 Å². The Bertz CT molecular complexity index is 1330. The summed E-state index contributed by atoms with van der Waals surface area (Å²) >= 11 is 0. The number of nitrogens with one attached hydrogen (secondary N) is 3. The van der Waals surface area contributed by atoms with Crippen molar-refractivity contribution in [2.75, 3.05) is 13.2 Å². The second-order valence-corrected chi connectivity index (χ2v) is 12.8. The number of carbonyl (C=O) groups is 5. The Morgan fingerprint density at radius 1 is 1.07 bits per heavy atom. The lowest BCUT2D eigenvalue weighted by Gasteiger charge is -2.36. The number of Topliss-reactive ketones (excluding diaryl/α,β-unsaturated/α-hetero) is 1. The van der Waals surface area contributed by atoms with Crippen LogP contribution in [-0.4, -0.2) is 77.2 Å². The topological polar surface area (TPSA) is 143 Å². The summed E-state index contributed by atoms with van der Waals surface area (Å²) in [6.07, 6.45) is 8.13. The van der Waals surface area contributed by atoms with Gasteiger partial charge in [0, 0.05) is 25.5 Å². The summed E-state index contributed by atoms with van der Waals surface area (Å²) in [5.41, 5.74) is -0.428.